The average molecular weight is 246 g/mol. The molecule has 2 rings (SSSR count). The quantitative estimate of drug-likeness (QED) is 0.877. The van der Waals surface area contributed by atoms with Gasteiger partial charge in [-0.3, -0.25) is 0 Å². The molecule has 0 radical (unpaired) electrons. The Morgan fingerprint density at radius 3 is 2.44 bits per heavy atom. The van der Waals surface area contributed by atoms with E-state index in [9.17, 15) is 0 Å². The van der Waals surface area contributed by atoms with Gasteiger partial charge in [0.15, 0.2) is 0 Å². The summed E-state index contributed by atoms with van der Waals surface area (Å²) in [6.07, 6.45) is 0. The molecular formula is C16H26N2. The van der Waals surface area contributed by atoms with Crippen LogP contribution in [0, 0.1) is 18.8 Å². The van der Waals surface area contributed by atoms with Crippen molar-refractivity contribution in [3.05, 3.63) is 29.3 Å². The number of nitrogens with zero attached hydrogens (tertiary/aromatic N) is 1. The van der Waals surface area contributed by atoms with Gasteiger partial charge in [-0.05, 0) is 42.5 Å². The maximum absolute atomic E-state index is 3.38. The van der Waals surface area contributed by atoms with E-state index in [1.54, 1.807) is 0 Å². The van der Waals surface area contributed by atoms with Crippen molar-refractivity contribution in [2.45, 2.75) is 34.2 Å². The Bertz CT molecular complexity index is 390. The van der Waals surface area contributed by atoms with E-state index >= 15 is 0 Å². The van der Waals surface area contributed by atoms with Crippen molar-refractivity contribution in [1.82, 2.24) is 5.32 Å². The van der Waals surface area contributed by atoms with Crippen molar-refractivity contribution < 1.29 is 0 Å². The second-order valence-electron chi connectivity index (χ2n) is 5.76. The predicted octanol–water partition coefficient (Wildman–Crippen LogP) is 3.20. The standard InChI is InChI=1S/C16H26N2/c1-5-17-9-15-6-7-16(12(2)8-15)18-10-13(3)14(4)11-18/h6-8,13-14,17H,5,9-11H2,1-4H3. The molecule has 1 aromatic carbocycles. The lowest BCUT2D eigenvalue weighted by Gasteiger charge is -2.21. The molecule has 0 aliphatic carbocycles. The normalized spacial score (nSPS) is 23.7. The van der Waals surface area contributed by atoms with Crippen LogP contribution < -0.4 is 10.2 Å². The van der Waals surface area contributed by atoms with E-state index < -0.39 is 0 Å². The lowest BCUT2D eigenvalue weighted by molar-refractivity contribution is 0.494. The van der Waals surface area contributed by atoms with Crippen molar-refractivity contribution in [2.24, 2.45) is 11.8 Å². The summed E-state index contributed by atoms with van der Waals surface area (Å²) in [5.74, 6) is 1.62. The van der Waals surface area contributed by atoms with Crippen LogP contribution in [0.25, 0.3) is 0 Å². The molecule has 2 unspecified atom stereocenters. The lowest BCUT2D eigenvalue weighted by atomic mass is 10.0. The minimum atomic E-state index is 0.811. The molecule has 2 atom stereocenters. The maximum atomic E-state index is 3.38. The van der Waals surface area contributed by atoms with Gasteiger partial charge in [0.2, 0.25) is 0 Å². The van der Waals surface area contributed by atoms with Crippen LogP contribution in [0.3, 0.4) is 0 Å². The van der Waals surface area contributed by atoms with E-state index in [1.165, 1.54) is 29.9 Å². The fraction of sp³-hybridized carbons (Fsp3) is 0.625. The van der Waals surface area contributed by atoms with Gasteiger partial charge >= 0.3 is 0 Å². The fourth-order valence-corrected chi connectivity index (χ4v) is 2.78. The van der Waals surface area contributed by atoms with Crippen molar-refractivity contribution in [1.29, 1.82) is 0 Å². The minimum Gasteiger partial charge on any atom is -0.371 e. The first-order valence-electron chi connectivity index (χ1n) is 7.17. The SMILES string of the molecule is CCNCc1ccc(N2CC(C)C(C)C2)c(C)c1. The summed E-state index contributed by atoms with van der Waals surface area (Å²) in [7, 11) is 0. The van der Waals surface area contributed by atoms with Crippen LogP contribution in [-0.2, 0) is 6.54 Å². The summed E-state index contributed by atoms with van der Waals surface area (Å²) in [4.78, 5) is 2.54. The molecule has 100 valence electrons. The van der Waals surface area contributed by atoms with E-state index in [0.717, 1.165) is 24.9 Å². The van der Waals surface area contributed by atoms with E-state index in [1.807, 2.05) is 0 Å². The first kappa shape index (κ1) is 13.4. The minimum absolute atomic E-state index is 0.811. The first-order valence-corrected chi connectivity index (χ1v) is 7.17. The van der Waals surface area contributed by atoms with E-state index in [0.29, 0.717) is 0 Å². The number of aryl methyl sites for hydroxylation is 1. The van der Waals surface area contributed by atoms with Gasteiger partial charge in [-0.15, -0.1) is 0 Å². The number of rotatable bonds is 4. The Hall–Kier alpha value is -1.02. The van der Waals surface area contributed by atoms with Crippen LogP contribution in [0.2, 0.25) is 0 Å². The number of anilines is 1. The van der Waals surface area contributed by atoms with Crippen molar-refractivity contribution in [3.8, 4) is 0 Å². The zero-order valence-electron chi connectivity index (χ0n) is 12.2. The zero-order valence-corrected chi connectivity index (χ0v) is 12.2. The Balaban J connectivity index is 2.10. The molecular weight excluding hydrogens is 220 g/mol. The van der Waals surface area contributed by atoms with Gasteiger partial charge in [-0.1, -0.05) is 32.9 Å². The molecule has 0 amide bonds. The molecule has 2 nitrogen and oxygen atoms in total. The summed E-state index contributed by atoms with van der Waals surface area (Å²) in [6.45, 7) is 13.5. The fourth-order valence-electron chi connectivity index (χ4n) is 2.78. The molecule has 0 spiro atoms. The molecule has 0 saturated carbocycles. The summed E-state index contributed by atoms with van der Waals surface area (Å²) in [5, 5.41) is 3.38. The number of benzene rings is 1. The van der Waals surface area contributed by atoms with E-state index in [4.69, 9.17) is 0 Å². The molecule has 18 heavy (non-hydrogen) atoms. The van der Waals surface area contributed by atoms with Crippen LogP contribution in [0.1, 0.15) is 31.9 Å². The largest absolute Gasteiger partial charge is 0.371 e. The topological polar surface area (TPSA) is 15.3 Å². The van der Waals surface area contributed by atoms with Gasteiger partial charge in [0.05, 0.1) is 0 Å². The third-order valence-corrected chi connectivity index (χ3v) is 4.17. The maximum Gasteiger partial charge on any atom is 0.0396 e. The highest BCUT2D eigenvalue weighted by Gasteiger charge is 2.26. The molecule has 2 heteroatoms. The van der Waals surface area contributed by atoms with Crippen LogP contribution in [-0.4, -0.2) is 19.6 Å². The summed E-state index contributed by atoms with van der Waals surface area (Å²) in [6, 6.07) is 6.89. The molecule has 1 aliphatic heterocycles. The summed E-state index contributed by atoms with van der Waals surface area (Å²) < 4.78 is 0. The molecule has 1 saturated heterocycles. The third-order valence-electron chi connectivity index (χ3n) is 4.17. The average Bonchev–Trinajstić information content (AvgIpc) is 2.67. The lowest BCUT2D eigenvalue weighted by Crippen LogP contribution is -2.20. The number of nitrogens with one attached hydrogen (secondary N) is 1. The van der Waals surface area contributed by atoms with Gasteiger partial charge in [0.1, 0.15) is 0 Å². The molecule has 1 heterocycles. The highest BCUT2D eigenvalue weighted by Crippen LogP contribution is 2.30. The van der Waals surface area contributed by atoms with Crippen LogP contribution in [0.5, 0.6) is 0 Å². The van der Waals surface area contributed by atoms with Crippen LogP contribution >= 0.6 is 0 Å². The Kier molecular flexibility index (Phi) is 4.28. The molecule has 1 N–H and O–H groups in total. The van der Waals surface area contributed by atoms with Gasteiger partial charge < -0.3 is 10.2 Å². The predicted molar refractivity (Wildman–Crippen MR) is 79.1 cm³/mol. The second kappa shape index (κ2) is 5.75. The second-order valence-corrected chi connectivity index (χ2v) is 5.76. The smallest absolute Gasteiger partial charge is 0.0396 e. The Morgan fingerprint density at radius 2 is 1.89 bits per heavy atom. The van der Waals surface area contributed by atoms with Crippen LogP contribution in [0.15, 0.2) is 18.2 Å². The molecule has 0 bridgehead atoms. The van der Waals surface area contributed by atoms with Gasteiger partial charge in [0, 0.05) is 25.3 Å². The zero-order chi connectivity index (χ0) is 13.1. The van der Waals surface area contributed by atoms with Gasteiger partial charge in [-0.25, -0.2) is 0 Å². The Labute approximate surface area is 111 Å². The molecule has 0 aromatic heterocycles. The van der Waals surface area contributed by atoms with E-state index in [-0.39, 0.29) is 0 Å². The molecule has 1 fully saturated rings. The third kappa shape index (κ3) is 2.86. The first-order chi connectivity index (χ1) is 8.61. The molecule has 1 aliphatic rings. The van der Waals surface area contributed by atoms with Crippen molar-refractivity contribution in [3.63, 3.8) is 0 Å². The van der Waals surface area contributed by atoms with Crippen molar-refractivity contribution >= 4 is 5.69 Å². The van der Waals surface area contributed by atoms with Gasteiger partial charge in [-0.2, -0.15) is 0 Å². The molecule has 1 aromatic rings. The van der Waals surface area contributed by atoms with E-state index in [2.05, 4.69) is 56.1 Å². The summed E-state index contributed by atoms with van der Waals surface area (Å²) in [5.41, 5.74) is 4.22. The Morgan fingerprint density at radius 1 is 1.22 bits per heavy atom. The number of hydrogen-bond donors (Lipinski definition) is 1. The summed E-state index contributed by atoms with van der Waals surface area (Å²) >= 11 is 0. The number of hydrogen-bond acceptors (Lipinski definition) is 2. The van der Waals surface area contributed by atoms with Gasteiger partial charge in [0.25, 0.3) is 0 Å². The van der Waals surface area contributed by atoms with Crippen LogP contribution in [0.4, 0.5) is 5.69 Å². The monoisotopic (exact) mass is 246 g/mol. The highest BCUT2D eigenvalue weighted by molar-refractivity contribution is 5.55. The van der Waals surface area contributed by atoms with Crippen molar-refractivity contribution in [2.75, 3.05) is 24.5 Å². The highest BCUT2D eigenvalue weighted by atomic mass is 15.2.